The highest BCUT2D eigenvalue weighted by Gasteiger charge is 2.49. The predicted octanol–water partition coefficient (Wildman–Crippen LogP) is 2.79. The third-order valence-electron chi connectivity index (χ3n) is 4.18. The predicted molar refractivity (Wildman–Crippen MR) is 48.9 cm³/mol. The Morgan fingerprint density at radius 1 is 1.42 bits per heavy atom. The molecule has 0 spiro atoms. The summed E-state index contributed by atoms with van der Waals surface area (Å²) in [5.74, 6) is 2.04. The van der Waals surface area contributed by atoms with Crippen LogP contribution in [0.5, 0.6) is 0 Å². The van der Waals surface area contributed by atoms with E-state index in [9.17, 15) is 4.79 Å². The fraction of sp³-hybridized carbons (Fsp3) is 0.909. The molecule has 1 nitrogen and oxygen atoms in total. The van der Waals surface area contributed by atoms with Crippen molar-refractivity contribution in [3.63, 3.8) is 0 Å². The first-order valence-electron chi connectivity index (χ1n) is 5.18. The highest BCUT2D eigenvalue weighted by Crippen LogP contribution is 2.51. The fourth-order valence-electron chi connectivity index (χ4n) is 3.33. The molecule has 0 aliphatic heterocycles. The Labute approximate surface area is 74.5 Å². The van der Waals surface area contributed by atoms with E-state index in [4.69, 9.17) is 0 Å². The molecule has 0 aromatic carbocycles. The molecule has 2 rings (SSSR count). The third-order valence-corrected chi connectivity index (χ3v) is 4.18. The molecule has 0 bridgehead atoms. The summed E-state index contributed by atoms with van der Waals surface area (Å²) in [6.45, 7) is 4.52. The van der Waals surface area contributed by atoms with Gasteiger partial charge in [0.1, 0.15) is 5.78 Å². The van der Waals surface area contributed by atoms with Gasteiger partial charge >= 0.3 is 0 Å². The van der Waals surface area contributed by atoms with Crippen LogP contribution in [-0.2, 0) is 4.79 Å². The zero-order valence-electron chi connectivity index (χ0n) is 8.10. The average Bonchev–Trinajstić information content (AvgIpc) is 2.30. The smallest absolute Gasteiger partial charge is 0.139 e. The van der Waals surface area contributed by atoms with Crippen molar-refractivity contribution in [3.8, 4) is 0 Å². The maximum Gasteiger partial charge on any atom is 0.139 e. The van der Waals surface area contributed by atoms with Gasteiger partial charge in [-0.3, -0.25) is 4.79 Å². The van der Waals surface area contributed by atoms with Crippen LogP contribution >= 0.6 is 0 Å². The summed E-state index contributed by atoms with van der Waals surface area (Å²) >= 11 is 0. The zero-order valence-corrected chi connectivity index (χ0v) is 8.10. The number of Topliss-reactive ketones (excluding diaryl/α,β-unsaturated/α-hetero) is 1. The Kier molecular flexibility index (Phi) is 1.78. The molecule has 3 atom stereocenters. The topological polar surface area (TPSA) is 17.1 Å². The number of carbonyl (C=O) groups is 1. The summed E-state index contributed by atoms with van der Waals surface area (Å²) < 4.78 is 0. The van der Waals surface area contributed by atoms with Gasteiger partial charge in [-0.2, -0.15) is 0 Å². The van der Waals surface area contributed by atoms with Crippen molar-refractivity contribution in [2.24, 2.45) is 17.3 Å². The molecule has 2 fully saturated rings. The van der Waals surface area contributed by atoms with Gasteiger partial charge in [-0.25, -0.2) is 0 Å². The van der Waals surface area contributed by atoms with E-state index in [1.807, 2.05) is 0 Å². The van der Waals surface area contributed by atoms with Crippen molar-refractivity contribution in [1.82, 2.24) is 0 Å². The van der Waals surface area contributed by atoms with Crippen molar-refractivity contribution >= 4 is 5.78 Å². The summed E-state index contributed by atoms with van der Waals surface area (Å²) in [6, 6.07) is 0. The van der Waals surface area contributed by atoms with Crippen LogP contribution in [0.3, 0.4) is 0 Å². The average molecular weight is 166 g/mol. The van der Waals surface area contributed by atoms with Crippen molar-refractivity contribution in [3.05, 3.63) is 0 Å². The van der Waals surface area contributed by atoms with Crippen LogP contribution in [0.2, 0.25) is 0 Å². The maximum atomic E-state index is 11.7. The van der Waals surface area contributed by atoms with E-state index >= 15 is 0 Å². The molecular weight excluding hydrogens is 148 g/mol. The molecule has 0 aromatic rings. The summed E-state index contributed by atoms with van der Waals surface area (Å²) in [6.07, 6.45) is 5.77. The van der Waals surface area contributed by atoms with Crippen LogP contribution in [0.15, 0.2) is 0 Å². The van der Waals surface area contributed by atoms with Crippen LogP contribution in [0.1, 0.15) is 46.0 Å². The van der Waals surface area contributed by atoms with Gasteiger partial charge in [-0.15, -0.1) is 0 Å². The molecule has 0 heterocycles. The molecule has 0 amide bonds. The standard InChI is InChI=1S/C11H18O/c1-8-4-3-7-11(2)9(8)5-6-10(11)12/h8-9H,3-7H2,1-2H3. The van der Waals surface area contributed by atoms with E-state index in [1.54, 1.807) is 0 Å². The molecule has 68 valence electrons. The number of hydrogen-bond acceptors (Lipinski definition) is 1. The van der Waals surface area contributed by atoms with Gasteiger partial charge in [-0.1, -0.05) is 26.7 Å². The lowest BCUT2D eigenvalue weighted by Crippen LogP contribution is -2.36. The monoisotopic (exact) mass is 166 g/mol. The lowest BCUT2D eigenvalue weighted by Gasteiger charge is -2.39. The lowest BCUT2D eigenvalue weighted by molar-refractivity contribution is -0.128. The van der Waals surface area contributed by atoms with Crippen LogP contribution in [0, 0.1) is 17.3 Å². The lowest BCUT2D eigenvalue weighted by atomic mass is 9.65. The number of ketones is 1. The molecule has 2 saturated carbocycles. The fourth-order valence-corrected chi connectivity index (χ4v) is 3.33. The third kappa shape index (κ3) is 0.949. The van der Waals surface area contributed by atoms with E-state index in [0.29, 0.717) is 11.7 Å². The second kappa shape index (κ2) is 2.58. The molecule has 2 aliphatic rings. The van der Waals surface area contributed by atoms with Gasteiger partial charge < -0.3 is 0 Å². The van der Waals surface area contributed by atoms with E-state index in [1.165, 1.54) is 12.8 Å². The Bertz CT molecular complexity index is 209. The van der Waals surface area contributed by atoms with Gasteiger partial charge in [0.15, 0.2) is 0 Å². The van der Waals surface area contributed by atoms with E-state index in [0.717, 1.165) is 25.2 Å². The Morgan fingerprint density at radius 2 is 2.17 bits per heavy atom. The van der Waals surface area contributed by atoms with Crippen LogP contribution in [0.25, 0.3) is 0 Å². The SMILES string of the molecule is CC1CCCC2(C)C(=O)CCC12. The van der Waals surface area contributed by atoms with E-state index in [-0.39, 0.29) is 5.41 Å². The maximum absolute atomic E-state index is 11.7. The van der Waals surface area contributed by atoms with Crippen LogP contribution < -0.4 is 0 Å². The Hall–Kier alpha value is -0.330. The minimum atomic E-state index is 0.0810. The van der Waals surface area contributed by atoms with Gasteiger partial charge in [0.25, 0.3) is 0 Å². The molecular formula is C11H18O. The van der Waals surface area contributed by atoms with Crippen molar-refractivity contribution in [2.45, 2.75) is 46.0 Å². The highest BCUT2D eigenvalue weighted by atomic mass is 16.1. The second-order valence-corrected chi connectivity index (χ2v) is 4.86. The first-order chi connectivity index (χ1) is 5.64. The molecule has 1 heteroatoms. The van der Waals surface area contributed by atoms with E-state index < -0.39 is 0 Å². The number of fused-ring (bicyclic) bond motifs is 1. The molecule has 0 saturated heterocycles. The van der Waals surface area contributed by atoms with Gasteiger partial charge in [0.05, 0.1) is 0 Å². The Balaban J connectivity index is 2.26. The quantitative estimate of drug-likeness (QED) is 0.541. The minimum absolute atomic E-state index is 0.0810. The van der Waals surface area contributed by atoms with Crippen molar-refractivity contribution < 1.29 is 4.79 Å². The first kappa shape index (κ1) is 8.28. The molecule has 2 aliphatic carbocycles. The first-order valence-corrected chi connectivity index (χ1v) is 5.18. The normalized spacial score (nSPS) is 47.7. The summed E-state index contributed by atoms with van der Waals surface area (Å²) in [5, 5.41) is 0. The van der Waals surface area contributed by atoms with Gasteiger partial charge in [0.2, 0.25) is 0 Å². The molecule has 0 aromatic heterocycles. The van der Waals surface area contributed by atoms with Crippen LogP contribution in [0.4, 0.5) is 0 Å². The van der Waals surface area contributed by atoms with Crippen LogP contribution in [-0.4, -0.2) is 5.78 Å². The summed E-state index contributed by atoms with van der Waals surface area (Å²) in [5.41, 5.74) is 0.0810. The summed E-state index contributed by atoms with van der Waals surface area (Å²) in [7, 11) is 0. The molecule has 12 heavy (non-hydrogen) atoms. The largest absolute Gasteiger partial charge is 0.299 e. The molecule has 3 unspecified atom stereocenters. The molecule has 0 radical (unpaired) electrons. The number of carbonyl (C=O) groups excluding carboxylic acids is 1. The number of rotatable bonds is 0. The van der Waals surface area contributed by atoms with Gasteiger partial charge in [-0.05, 0) is 24.7 Å². The van der Waals surface area contributed by atoms with Gasteiger partial charge in [0, 0.05) is 11.8 Å². The van der Waals surface area contributed by atoms with E-state index in [2.05, 4.69) is 13.8 Å². The number of hydrogen-bond donors (Lipinski definition) is 0. The van der Waals surface area contributed by atoms with Crippen molar-refractivity contribution in [1.29, 1.82) is 0 Å². The van der Waals surface area contributed by atoms with Crippen molar-refractivity contribution in [2.75, 3.05) is 0 Å². The Morgan fingerprint density at radius 3 is 2.83 bits per heavy atom. The minimum Gasteiger partial charge on any atom is -0.299 e. The second-order valence-electron chi connectivity index (χ2n) is 4.86. The highest BCUT2D eigenvalue weighted by molar-refractivity contribution is 5.87. The summed E-state index contributed by atoms with van der Waals surface area (Å²) in [4.78, 5) is 11.7. The zero-order chi connectivity index (χ0) is 8.77. The molecule has 0 N–H and O–H groups in total.